The van der Waals surface area contributed by atoms with E-state index in [-0.39, 0.29) is 11.5 Å². The topological polar surface area (TPSA) is 66.8 Å². The largest absolute Gasteiger partial charge is 0.511 e. The summed E-state index contributed by atoms with van der Waals surface area (Å²) in [5.74, 6) is -0.0558. The second-order valence-electron chi connectivity index (χ2n) is 3.96. The molecule has 1 aromatic carbocycles. The number of aryl methyl sites for hydroxylation is 1. The first-order valence-corrected chi connectivity index (χ1v) is 5.76. The van der Waals surface area contributed by atoms with Crippen molar-refractivity contribution in [3.05, 3.63) is 22.8 Å². The molecule has 2 N–H and O–H groups in total. The molecule has 0 amide bonds. The van der Waals surface area contributed by atoms with Crippen molar-refractivity contribution in [2.24, 2.45) is 0 Å². The van der Waals surface area contributed by atoms with E-state index in [0.717, 1.165) is 30.4 Å². The van der Waals surface area contributed by atoms with Crippen molar-refractivity contribution < 1.29 is 19.7 Å². The summed E-state index contributed by atoms with van der Waals surface area (Å²) in [5, 5.41) is 18.5. The lowest BCUT2D eigenvalue weighted by Gasteiger charge is -2.15. The summed E-state index contributed by atoms with van der Waals surface area (Å²) < 4.78 is 4.58. The Hall–Kier alpha value is -1.71. The fraction of sp³-hybridized carbons (Fsp3) is 0.462. The quantitative estimate of drug-likeness (QED) is 0.624. The van der Waals surface area contributed by atoms with Crippen molar-refractivity contribution >= 4 is 6.16 Å². The molecular formula is C13H18O4. The van der Waals surface area contributed by atoms with Gasteiger partial charge in [0.15, 0.2) is 11.5 Å². The molecular weight excluding hydrogens is 220 g/mol. The molecule has 0 fully saturated rings. The molecule has 0 unspecified atom stereocenters. The first kappa shape index (κ1) is 13.4. The van der Waals surface area contributed by atoms with E-state index in [2.05, 4.69) is 11.7 Å². The maximum absolute atomic E-state index is 10.5. The van der Waals surface area contributed by atoms with E-state index in [0.29, 0.717) is 5.56 Å². The highest BCUT2D eigenvalue weighted by molar-refractivity contribution is 5.65. The molecule has 0 bridgehead atoms. The summed E-state index contributed by atoms with van der Waals surface area (Å²) in [4.78, 5) is 10.5. The van der Waals surface area contributed by atoms with Gasteiger partial charge in [0.25, 0.3) is 0 Å². The minimum Gasteiger partial charge on any atom is -0.504 e. The van der Waals surface area contributed by atoms with Crippen LogP contribution in [-0.2, 0) is 12.8 Å². The molecule has 0 aliphatic rings. The van der Waals surface area contributed by atoms with Crippen molar-refractivity contribution in [1.29, 1.82) is 0 Å². The highest BCUT2D eigenvalue weighted by Crippen LogP contribution is 2.35. The number of benzene rings is 1. The Morgan fingerprint density at radius 3 is 2.53 bits per heavy atom. The van der Waals surface area contributed by atoms with E-state index < -0.39 is 6.16 Å². The monoisotopic (exact) mass is 238 g/mol. The average molecular weight is 238 g/mol. The van der Waals surface area contributed by atoms with E-state index in [1.807, 2.05) is 6.92 Å². The zero-order valence-corrected chi connectivity index (χ0v) is 10.4. The molecule has 0 aliphatic carbocycles. The molecule has 1 rings (SSSR count). The summed E-state index contributed by atoms with van der Waals surface area (Å²) in [6.45, 7) is 5.85. The van der Waals surface area contributed by atoms with Crippen molar-refractivity contribution in [1.82, 2.24) is 0 Å². The van der Waals surface area contributed by atoms with Gasteiger partial charge in [-0.15, -0.1) is 0 Å². The number of ether oxygens (including phenoxy) is 1. The first-order valence-electron chi connectivity index (χ1n) is 5.76. The smallest absolute Gasteiger partial charge is 0.504 e. The Bertz CT molecular complexity index is 424. The van der Waals surface area contributed by atoms with Gasteiger partial charge in [-0.2, -0.15) is 0 Å². The van der Waals surface area contributed by atoms with Crippen LogP contribution in [-0.4, -0.2) is 16.4 Å². The van der Waals surface area contributed by atoms with Crippen LogP contribution in [0.5, 0.6) is 11.5 Å². The fourth-order valence-corrected chi connectivity index (χ4v) is 2.04. The Morgan fingerprint density at radius 1 is 1.41 bits per heavy atom. The highest BCUT2D eigenvalue weighted by Gasteiger charge is 2.16. The van der Waals surface area contributed by atoms with Crippen LogP contribution >= 0.6 is 0 Å². The molecule has 0 aromatic heterocycles. The van der Waals surface area contributed by atoms with Gasteiger partial charge in [-0.05, 0) is 42.5 Å². The van der Waals surface area contributed by atoms with Crippen molar-refractivity contribution in [3.63, 3.8) is 0 Å². The van der Waals surface area contributed by atoms with Gasteiger partial charge in [0.2, 0.25) is 0 Å². The minimum absolute atomic E-state index is 0.0238. The number of carbonyl (C=O) groups is 1. The summed E-state index contributed by atoms with van der Waals surface area (Å²) in [6.07, 6.45) is 1.21. The predicted molar refractivity (Wildman–Crippen MR) is 64.9 cm³/mol. The molecule has 0 saturated heterocycles. The molecule has 0 atom stereocenters. The molecule has 0 spiro atoms. The van der Waals surface area contributed by atoms with Gasteiger partial charge < -0.3 is 14.9 Å². The third kappa shape index (κ3) is 2.90. The van der Waals surface area contributed by atoms with Crippen LogP contribution < -0.4 is 4.74 Å². The molecule has 0 radical (unpaired) electrons. The number of carboxylic acid groups (broad SMARTS) is 1. The summed E-state index contributed by atoms with van der Waals surface area (Å²) >= 11 is 0. The molecule has 0 aliphatic heterocycles. The molecule has 0 heterocycles. The van der Waals surface area contributed by atoms with Gasteiger partial charge in [-0.25, -0.2) is 4.79 Å². The molecule has 1 aromatic rings. The number of hydrogen-bond acceptors (Lipinski definition) is 3. The third-order valence-electron chi connectivity index (χ3n) is 2.80. The fourth-order valence-electron chi connectivity index (χ4n) is 2.04. The Kier molecular flexibility index (Phi) is 4.37. The van der Waals surface area contributed by atoms with Gasteiger partial charge >= 0.3 is 6.16 Å². The number of phenolic OH excluding ortho intramolecular Hbond substituents is 1. The van der Waals surface area contributed by atoms with Crippen LogP contribution in [0.1, 0.15) is 37.0 Å². The summed E-state index contributed by atoms with van der Waals surface area (Å²) in [7, 11) is 0. The molecule has 4 nitrogen and oxygen atoms in total. The lowest BCUT2D eigenvalue weighted by Crippen LogP contribution is -2.06. The normalized spacial score (nSPS) is 10.3. The highest BCUT2D eigenvalue weighted by atomic mass is 16.7. The van der Waals surface area contributed by atoms with Gasteiger partial charge in [-0.1, -0.05) is 20.3 Å². The van der Waals surface area contributed by atoms with Crippen molar-refractivity contribution in [3.8, 4) is 11.5 Å². The molecule has 17 heavy (non-hydrogen) atoms. The van der Waals surface area contributed by atoms with E-state index in [9.17, 15) is 9.90 Å². The third-order valence-corrected chi connectivity index (χ3v) is 2.80. The lowest BCUT2D eigenvalue weighted by atomic mass is 9.95. The number of hydrogen-bond donors (Lipinski definition) is 2. The average Bonchev–Trinajstić information content (AvgIpc) is 2.26. The van der Waals surface area contributed by atoms with E-state index in [1.165, 1.54) is 0 Å². The van der Waals surface area contributed by atoms with Gasteiger partial charge in [-0.3, -0.25) is 0 Å². The number of aromatic hydroxyl groups is 1. The van der Waals surface area contributed by atoms with E-state index in [1.54, 1.807) is 13.0 Å². The standard InChI is InChI=1S/C13H18O4/c1-4-6-9-7-11(17-13(15)16)12(14)8(3)10(9)5-2/h7,14H,4-6H2,1-3H3,(H,15,16). The second kappa shape index (κ2) is 5.57. The van der Waals surface area contributed by atoms with Crippen LogP contribution in [0.15, 0.2) is 6.07 Å². The molecule has 94 valence electrons. The predicted octanol–water partition coefficient (Wildman–Crippen LogP) is 3.27. The zero-order chi connectivity index (χ0) is 13.0. The van der Waals surface area contributed by atoms with E-state index >= 15 is 0 Å². The SMILES string of the molecule is CCCc1cc(OC(=O)O)c(O)c(C)c1CC. The maximum Gasteiger partial charge on any atom is 0.511 e. The number of rotatable bonds is 4. The van der Waals surface area contributed by atoms with Gasteiger partial charge in [0.05, 0.1) is 0 Å². The maximum atomic E-state index is 10.5. The van der Waals surface area contributed by atoms with Gasteiger partial charge in [0.1, 0.15) is 0 Å². The molecule has 0 saturated carbocycles. The van der Waals surface area contributed by atoms with Crippen LogP contribution in [0.25, 0.3) is 0 Å². The van der Waals surface area contributed by atoms with Gasteiger partial charge in [0, 0.05) is 0 Å². The second-order valence-corrected chi connectivity index (χ2v) is 3.96. The van der Waals surface area contributed by atoms with Crippen LogP contribution in [0.4, 0.5) is 4.79 Å². The minimum atomic E-state index is -1.41. The number of phenols is 1. The zero-order valence-electron chi connectivity index (χ0n) is 10.4. The summed E-state index contributed by atoms with van der Waals surface area (Å²) in [5.41, 5.74) is 2.82. The van der Waals surface area contributed by atoms with Crippen LogP contribution in [0.2, 0.25) is 0 Å². The molecule has 4 heteroatoms. The Balaban J connectivity index is 3.29. The lowest BCUT2D eigenvalue weighted by molar-refractivity contribution is 0.142. The van der Waals surface area contributed by atoms with E-state index in [4.69, 9.17) is 5.11 Å². The summed E-state index contributed by atoms with van der Waals surface area (Å²) in [6, 6.07) is 1.62. The van der Waals surface area contributed by atoms with Crippen LogP contribution in [0, 0.1) is 6.92 Å². The Labute approximate surface area is 101 Å². The van der Waals surface area contributed by atoms with Crippen molar-refractivity contribution in [2.45, 2.75) is 40.0 Å². The Morgan fingerprint density at radius 2 is 2.06 bits per heavy atom. The first-order chi connectivity index (χ1) is 8.01. The van der Waals surface area contributed by atoms with Crippen molar-refractivity contribution in [2.75, 3.05) is 0 Å². The van der Waals surface area contributed by atoms with Crippen LogP contribution in [0.3, 0.4) is 0 Å².